The summed E-state index contributed by atoms with van der Waals surface area (Å²) in [7, 11) is 1.60. The Morgan fingerprint density at radius 2 is 2.05 bits per heavy atom. The number of methoxy groups -OCH3 is 1. The van der Waals surface area contributed by atoms with Gasteiger partial charge in [0.05, 0.1) is 30.1 Å². The minimum atomic E-state index is 0.598. The second kappa shape index (κ2) is 7.66. The smallest absolute Gasteiger partial charge is 0.213 e. The van der Waals surface area contributed by atoms with Crippen LogP contribution in [0.3, 0.4) is 0 Å². The summed E-state index contributed by atoms with van der Waals surface area (Å²) in [6.45, 7) is 3.23. The fourth-order valence-electron chi connectivity index (χ4n) is 1.85. The molecular formula is C15H16Br2N2O2. The van der Waals surface area contributed by atoms with Crippen molar-refractivity contribution in [2.45, 2.75) is 13.5 Å². The Balaban J connectivity index is 2.14. The quantitative estimate of drug-likeness (QED) is 0.747. The minimum Gasteiger partial charge on any atom is -0.492 e. The Morgan fingerprint density at radius 3 is 2.67 bits per heavy atom. The van der Waals surface area contributed by atoms with E-state index in [9.17, 15) is 0 Å². The number of pyridine rings is 1. The Bertz CT molecular complexity index is 603. The molecule has 1 aromatic heterocycles. The summed E-state index contributed by atoms with van der Waals surface area (Å²) in [6, 6.07) is 7.77. The topological polar surface area (TPSA) is 43.4 Å². The number of nitrogens with one attached hydrogen (secondary N) is 1. The van der Waals surface area contributed by atoms with Gasteiger partial charge in [0.15, 0.2) is 0 Å². The molecule has 0 fully saturated rings. The molecule has 0 amide bonds. The molecule has 4 nitrogen and oxygen atoms in total. The van der Waals surface area contributed by atoms with Gasteiger partial charge in [-0.05, 0) is 41.1 Å². The normalized spacial score (nSPS) is 10.3. The zero-order valence-electron chi connectivity index (χ0n) is 11.8. The fourth-order valence-corrected chi connectivity index (χ4v) is 3.28. The standard InChI is InChI=1S/C15H16Br2N2O2/c1-3-21-15-10(6-11(16)7-13(15)17)8-18-12-4-5-14(20-2)19-9-12/h4-7,9,18H,3,8H2,1-2H3. The van der Waals surface area contributed by atoms with Crippen LogP contribution in [0.1, 0.15) is 12.5 Å². The van der Waals surface area contributed by atoms with Crippen molar-refractivity contribution in [2.75, 3.05) is 19.0 Å². The number of benzene rings is 1. The van der Waals surface area contributed by atoms with Gasteiger partial charge in [-0.15, -0.1) is 0 Å². The maximum absolute atomic E-state index is 5.70. The Hall–Kier alpha value is -1.27. The van der Waals surface area contributed by atoms with Gasteiger partial charge in [-0.3, -0.25) is 0 Å². The Labute approximate surface area is 141 Å². The van der Waals surface area contributed by atoms with Gasteiger partial charge in [-0.2, -0.15) is 0 Å². The predicted molar refractivity (Wildman–Crippen MR) is 91.1 cm³/mol. The van der Waals surface area contributed by atoms with Crippen LogP contribution >= 0.6 is 31.9 Å². The number of hydrogen-bond donors (Lipinski definition) is 1. The van der Waals surface area contributed by atoms with E-state index in [4.69, 9.17) is 9.47 Å². The van der Waals surface area contributed by atoms with Crippen molar-refractivity contribution in [3.8, 4) is 11.6 Å². The second-order valence-corrected chi connectivity index (χ2v) is 6.02. The van der Waals surface area contributed by atoms with E-state index in [1.807, 2.05) is 31.2 Å². The summed E-state index contributed by atoms with van der Waals surface area (Å²) in [5.74, 6) is 1.45. The highest BCUT2D eigenvalue weighted by molar-refractivity contribution is 9.11. The van der Waals surface area contributed by atoms with E-state index in [1.54, 1.807) is 13.3 Å². The SMILES string of the molecule is CCOc1c(Br)cc(Br)cc1CNc1ccc(OC)nc1. The molecule has 0 aliphatic rings. The first-order chi connectivity index (χ1) is 10.1. The Morgan fingerprint density at radius 1 is 1.24 bits per heavy atom. The molecule has 6 heteroatoms. The lowest BCUT2D eigenvalue weighted by molar-refractivity contribution is 0.334. The molecule has 0 unspecified atom stereocenters. The summed E-state index contributed by atoms with van der Waals surface area (Å²) >= 11 is 7.03. The molecule has 0 aliphatic carbocycles. The van der Waals surface area contributed by atoms with E-state index in [-0.39, 0.29) is 0 Å². The number of nitrogens with zero attached hydrogens (tertiary/aromatic N) is 1. The first kappa shape index (κ1) is 16.1. The summed E-state index contributed by atoms with van der Waals surface area (Å²) in [4.78, 5) is 4.17. The number of ether oxygens (including phenoxy) is 2. The van der Waals surface area contributed by atoms with Gasteiger partial charge < -0.3 is 14.8 Å². The molecule has 1 heterocycles. The summed E-state index contributed by atoms with van der Waals surface area (Å²) in [6.07, 6.45) is 1.74. The fraction of sp³-hybridized carbons (Fsp3) is 0.267. The molecule has 0 aliphatic heterocycles. The molecule has 0 bridgehead atoms. The average Bonchev–Trinajstić information content (AvgIpc) is 2.48. The highest BCUT2D eigenvalue weighted by atomic mass is 79.9. The van der Waals surface area contributed by atoms with Gasteiger partial charge in [-0.25, -0.2) is 4.98 Å². The van der Waals surface area contributed by atoms with Crippen molar-refractivity contribution in [3.63, 3.8) is 0 Å². The van der Waals surface area contributed by atoms with E-state index in [2.05, 4.69) is 42.2 Å². The monoisotopic (exact) mass is 414 g/mol. The molecule has 2 rings (SSSR count). The van der Waals surface area contributed by atoms with Crippen LogP contribution in [0.15, 0.2) is 39.4 Å². The van der Waals surface area contributed by atoms with Crippen LogP contribution in [0.4, 0.5) is 5.69 Å². The van der Waals surface area contributed by atoms with Crippen LogP contribution < -0.4 is 14.8 Å². The van der Waals surface area contributed by atoms with Crippen molar-refractivity contribution < 1.29 is 9.47 Å². The molecule has 1 aromatic carbocycles. The first-order valence-corrected chi connectivity index (χ1v) is 8.07. The molecule has 21 heavy (non-hydrogen) atoms. The van der Waals surface area contributed by atoms with Gasteiger partial charge in [0.2, 0.25) is 5.88 Å². The second-order valence-electron chi connectivity index (χ2n) is 4.25. The molecule has 112 valence electrons. The average molecular weight is 416 g/mol. The number of halogens is 2. The molecule has 0 radical (unpaired) electrons. The zero-order chi connectivity index (χ0) is 15.2. The lowest BCUT2D eigenvalue weighted by Gasteiger charge is -2.14. The third-order valence-corrected chi connectivity index (χ3v) is 3.85. The molecule has 0 atom stereocenters. The molecule has 0 saturated heterocycles. The van der Waals surface area contributed by atoms with Crippen molar-refractivity contribution in [1.29, 1.82) is 0 Å². The van der Waals surface area contributed by atoms with E-state index in [0.717, 1.165) is 25.9 Å². The highest BCUT2D eigenvalue weighted by Gasteiger charge is 2.10. The maximum atomic E-state index is 5.70. The molecule has 2 aromatic rings. The van der Waals surface area contributed by atoms with Gasteiger partial charge in [0.25, 0.3) is 0 Å². The molecule has 0 saturated carbocycles. The summed E-state index contributed by atoms with van der Waals surface area (Å²) in [5.41, 5.74) is 1.99. The van der Waals surface area contributed by atoms with Crippen molar-refractivity contribution in [1.82, 2.24) is 4.98 Å². The van der Waals surface area contributed by atoms with Gasteiger partial charge in [0, 0.05) is 22.6 Å². The maximum Gasteiger partial charge on any atom is 0.213 e. The van der Waals surface area contributed by atoms with Crippen LogP contribution in [-0.2, 0) is 6.54 Å². The molecule has 0 spiro atoms. The van der Waals surface area contributed by atoms with Crippen LogP contribution in [0, 0.1) is 0 Å². The van der Waals surface area contributed by atoms with E-state index in [0.29, 0.717) is 19.0 Å². The van der Waals surface area contributed by atoms with Crippen LogP contribution in [0.5, 0.6) is 11.6 Å². The third kappa shape index (κ3) is 4.35. The van der Waals surface area contributed by atoms with E-state index >= 15 is 0 Å². The highest BCUT2D eigenvalue weighted by Crippen LogP contribution is 2.33. The first-order valence-electron chi connectivity index (χ1n) is 6.48. The van der Waals surface area contributed by atoms with Crippen molar-refractivity contribution >= 4 is 37.5 Å². The van der Waals surface area contributed by atoms with Crippen molar-refractivity contribution in [2.24, 2.45) is 0 Å². The molecule has 1 N–H and O–H groups in total. The number of anilines is 1. The van der Waals surface area contributed by atoms with Gasteiger partial charge in [-0.1, -0.05) is 15.9 Å². The predicted octanol–water partition coefficient (Wildman–Crippen LogP) is 4.63. The Kier molecular flexibility index (Phi) is 5.87. The van der Waals surface area contributed by atoms with Gasteiger partial charge in [0.1, 0.15) is 5.75 Å². The van der Waals surface area contributed by atoms with Crippen molar-refractivity contribution in [3.05, 3.63) is 45.0 Å². The molecular weight excluding hydrogens is 400 g/mol. The van der Waals surface area contributed by atoms with Crippen LogP contribution in [0.2, 0.25) is 0 Å². The van der Waals surface area contributed by atoms with Gasteiger partial charge >= 0.3 is 0 Å². The lowest BCUT2D eigenvalue weighted by Crippen LogP contribution is -2.04. The zero-order valence-corrected chi connectivity index (χ0v) is 15.0. The number of rotatable bonds is 6. The minimum absolute atomic E-state index is 0.598. The largest absolute Gasteiger partial charge is 0.492 e. The van der Waals surface area contributed by atoms with E-state index < -0.39 is 0 Å². The summed E-state index contributed by atoms with van der Waals surface area (Å²) in [5, 5.41) is 3.33. The number of aromatic nitrogens is 1. The van der Waals surface area contributed by atoms with E-state index in [1.165, 1.54) is 0 Å². The summed E-state index contributed by atoms with van der Waals surface area (Å²) < 4.78 is 12.7. The third-order valence-electron chi connectivity index (χ3n) is 2.80. The number of hydrogen-bond acceptors (Lipinski definition) is 4. The lowest BCUT2D eigenvalue weighted by atomic mass is 10.2. The van der Waals surface area contributed by atoms with Crippen LogP contribution in [-0.4, -0.2) is 18.7 Å². The van der Waals surface area contributed by atoms with Crippen LogP contribution in [0.25, 0.3) is 0 Å².